The number of aromatic amines is 1. The second-order valence-corrected chi connectivity index (χ2v) is 9.50. The summed E-state index contributed by atoms with van der Waals surface area (Å²) in [6.07, 6.45) is 2.03. The normalized spacial score (nSPS) is 16.2. The highest BCUT2D eigenvalue weighted by Gasteiger charge is 2.36. The summed E-state index contributed by atoms with van der Waals surface area (Å²) in [4.78, 5) is 22.3. The van der Waals surface area contributed by atoms with Gasteiger partial charge in [0, 0.05) is 18.5 Å². The number of hydrogen-bond acceptors (Lipinski definition) is 4. The Morgan fingerprint density at radius 3 is 2.44 bits per heavy atom. The van der Waals surface area contributed by atoms with E-state index in [-0.39, 0.29) is 18.0 Å². The van der Waals surface area contributed by atoms with Crippen molar-refractivity contribution >= 4 is 6.09 Å². The molecule has 0 aliphatic carbocycles. The Labute approximate surface area is 187 Å². The summed E-state index contributed by atoms with van der Waals surface area (Å²) in [5.41, 5.74) is 4.81. The van der Waals surface area contributed by atoms with Gasteiger partial charge in [0.25, 0.3) is 0 Å². The molecule has 0 radical (unpaired) electrons. The summed E-state index contributed by atoms with van der Waals surface area (Å²) in [5.74, 6) is 0.564. The lowest BCUT2D eigenvalue weighted by Crippen LogP contribution is -2.42. The van der Waals surface area contributed by atoms with Crippen LogP contribution in [-0.4, -0.2) is 42.9 Å². The van der Waals surface area contributed by atoms with E-state index in [2.05, 4.69) is 9.97 Å². The molecule has 1 aliphatic heterocycles. The molecule has 0 bridgehead atoms. The van der Waals surface area contributed by atoms with Crippen molar-refractivity contribution in [3.8, 4) is 17.1 Å². The van der Waals surface area contributed by atoms with Gasteiger partial charge in [-0.25, -0.2) is 18.9 Å². The van der Waals surface area contributed by atoms with E-state index < -0.39 is 5.60 Å². The van der Waals surface area contributed by atoms with E-state index >= 15 is 0 Å². The van der Waals surface area contributed by atoms with Crippen LogP contribution >= 0.6 is 0 Å². The Balaban J connectivity index is 1.87. The highest BCUT2D eigenvalue weighted by Crippen LogP contribution is 2.39. The zero-order valence-electron chi connectivity index (χ0n) is 19.7. The first kappa shape index (κ1) is 22.0. The molecule has 0 unspecified atom stereocenters. The zero-order valence-corrected chi connectivity index (χ0v) is 19.7. The number of fused-ring (bicyclic) bond motifs is 1. The van der Waals surface area contributed by atoms with Gasteiger partial charge >= 0.3 is 6.09 Å². The molecular formula is C24H30FN5O2. The summed E-state index contributed by atoms with van der Waals surface area (Å²) in [5, 5.41) is 4.90. The number of imidazole rings is 1. The monoisotopic (exact) mass is 439 g/mol. The number of nitrogens with zero attached hydrogens (tertiary/aromatic N) is 4. The van der Waals surface area contributed by atoms with E-state index in [0.29, 0.717) is 24.1 Å². The van der Waals surface area contributed by atoms with Crippen LogP contribution in [0.4, 0.5) is 9.18 Å². The second kappa shape index (κ2) is 7.76. The molecule has 1 amide bonds. The number of carbonyl (C=O) groups is 1. The van der Waals surface area contributed by atoms with Gasteiger partial charge < -0.3 is 14.6 Å². The number of halogens is 1. The highest BCUT2D eigenvalue weighted by molar-refractivity contribution is 5.72. The Kier molecular flexibility index (Phi) is 5.35. The van der Waals surface area contributed by atoms with Crippen molar-refractivity contribution in [2.75, 3.05) is 6.54 Å². The minimum atomic E-state index is -0.576. The van der Waals surface area contributed by atoms with Gasteiger partial charge in [-0.15, -0.1) is 0 Å². The molecule has 0 fully saturated rings. The molecule has 3 heterocycles. The molecule has 3 aromatic rings. The minimum Gasteiger partial charge on any atom is -0.444 e. The Bertz CT molecular complexity index is 1160. The lowest BCUT2D eigenvalue weighted by molar-refractivity contribution is 0.0160. The van der Waals surface area contributed by atoms with Crippen LogP contribution in [0.3, 0.4) is 0 Å². The molecule has 1 atom stereocenters. The van der Waals surface area contributed by atoms with Crippen LogP contribution in [-0.2, 0) is 11.2 Å². The van der Waals surface area contributed by atoms with E-state index in [0.717, 1.165) is 34.2 Å². The maximum absolute atomic E-state index is 14.3. The van der Waals surface area contributed by atoms with E-state index in [9.17, 15) is 9.18 Å². The third-order valence-corrected chi connectivity index (χ3v) is 5.73. The molecule has 0 saturated carbocycles. The lowest BCUT2D eigenvalue weighted by atomic mass is 9.96. The van der Waals surface area contributed by atoms with Crippen LogP contribution in [0.15, 0.2) is 18.3 Å². The van der Waals surface area contributed by atoms with E-state index in [1.807, 2.05) is 39.3 Å². The molecule has 2 aromatic heterocycles. The van der Waals surface area contributed by atoms with Crippen molar-refractivity contribution in [2.45, 2.75) is 66.5 Å². The van der Waals surface area contributed by atoms with Crippen molar-refractivity contribution in [3.05, 3.63) is 52.4 Å². The summed E-state index contributed by atoms with van der Waals surface area (Å²) in [7, 11) is 0. The minimum absolute atomic E-state index is 0.214. The number of benzene rings is 1. The summed E-state index contributed by atoms with van der Waals surface area (Å²) in [6, 6.07) is 3.34. The molecule has 4 rings (SSSR count). The van der Waals surface area contributed by atoms with Crippen molar-refractivity contribution < 1.29 is 13.9 Å². The SMILES string of the molecule is Cc1ncc(-c2c3c(nn2-c2cc(C)c(F)c(C)c2)CCN(C(=O)OC(C)(C)C)[C@H]3C)[nH]1. The fraction of sp³-hybridized carbons (Fsp3) is 0.458. The Hall–Kier alpha value is -3.16. The van der Waals surface area contributed by atoms with E-state index in [1.54, 1.807) is 37.1 Å². The molecule has 1 N–H and O–H groups in total. The van der Waals surface area contributed by atoms with Crippen molar-refractivity contribution in [2.24, 2.45) is 0 Å². The van der Waals surface area contributed by atoms with Crippen molar-refractivity contribution in [1.82, 2.24) is 24.6 Å². The van der Waals surface area contributed by atoms with Gasteiger partial charge in [0.05, 0.1) is 35.0 Å². The summed E-state index contributed by atoms with van der Waals surface area (Å²) >= 11 is 0. The Morgan fingerprint density at radius 1 is 1.22 bits per heavy atom. The number of ether oxygens (including phenoxy) is 1. The topological polar surface area (TPSA) is 76.0 Å². The van der Waals surface area contributed by atoms with Crippen LogP contribution in [0.5, 0.6) is 0 Å². The number of H-pyrrole nitrogens is 1. The highest BCUT2D eigenvalue weighted by atomic mass is 19.1. The van der Waals surface area contributed by atoms with E-state index in [4.69, 9.17) is 9.84 Å². The molecule has 32 heavy (non-hydrogen) atoms. The summed E-state index contributed by atoms with van der Waals surface area (Å²) in [6.45, 7) is 13.5. The van der Waals surface area contributed by atoms with E-state index in [1.165, 1.54) is 0 Å². The molecular weight excluding hydrogens is 409 g/mol. The fourth-order valence-electron chi connectivity index (χ4n) is 4.28. The first-order chi connectivity index (χ1) is 15.0. The predicted molar refractivity (Wildman–Crippen MR) is 120 cm³/mol. The smallest absolute Gasteiger partial charge is 0.410 e. The van der Waals surface area contributed by atoms with Gasteiger partial charge in [-0.2, -0.15) is 5.10 Å². The van der Waals surface area contributed by atoms with Gasteiger partial charge in [0.1, 0.15) is 17.2 Å². The van der Waals surface area contributed by atoms with Gasteiger partial charge in [-0.05, 0) is 71.7 Å². The number of amides is 1. The molecule has 170 valence electrons. The third-order valence-electron chi connectivity index (χ3n) is 5.73. The molecule has 0 spiro atoms. The predicted octanol–water partition coefficient (Wildman–Crippen LogP) is 5.18. The number of rotatable bonds is 2. The number of carbonyl (C=O) groups excluding carboxylic acids is 1. The van der Waals surface area contributed by atoms with Crippen LogP contribution in [0.1, 0.15) is 61.9 Å². The average Bonchev–Trinajstić information content (AvgIpc) is 3.28. The zero-order chi connectivity index (χ0) is 23.4. The Morgan fingerprint density at radius 2 is 1.88 bits per heavy atom. The molecule has 0 saturated heterocycles. The van der Waals surface area contributed by atoms with Crippen LogP contribution < -0.4 is 0 Å². The number of hydrogen-bond donors (Lipinski definition) is 1. The van der Waals surface area contributed by atoms with Gasteiger partial charge in [0.2, 0.25) is 0 Å². The van der Waals surface area contributed by atoms with Crippen molar-refractivity contribution in [1.29, 1.82) is 0 Å². The number of nitrogens with one attached hydrogen (secondary N) is 1. The molecule has 1 aromatic carbocycles. The standard InChI is InChI=1S/C24H30FN5O2/c1-13-10-17(11-14(2)21(13)25)30-22(19-12-26-16(4)27-19)20-15(3)29(9-8-18(20)28-30)23(31)32-24(5,6)7/h10-12,15H,8-9H2,1-7H3,(H,26,27)/t15-/m0/s1. The van der Waals surface area contributed by atoms with Crippen LogP contribution in [0, 0.1) is 26.6 Å². The largest absolute Gasteiger partial charge is 0.444 e. The number of aryl methyl sites for hydroxylation is 3. The maximum Gasteiger partial charge on any atom is 0.410 e. The second-order valence-electron chi connectivity index (χ2n) is 9.50. The van der Waals surface area contributed by atoms with Gasteiger partial charge in [-0.3, -0.25) is 0 Å². The first-order valence-electron chi connectivity index (χ1n) is 10.9. The van der Waals surface area contributed by atoms with Crippen LogP contribution in [0.2, 0.25) is 0 Å². The first-order valence-corrected chi connectivity index (χ1v) is 10.9. The third kappa shape index (κ3) is 3.89. The average molecular weight is 440 g/mol. The summed E-state index contributed by atoms with van der Waals surface area (Å²) < 4.78 is 21.8. The molecule has 8 heteroatoms. The lowest BCUT2D eigenvalue weighted by Gasteiger charge is -2.35. The van der Waals surface area contributed by atoms with Crippen LogP contribution in [0.25, 0.3) is 17.1 Å². The van der Waals surface area contributed by atoms with Crippen molar-refractivity contribution in [3.63, 3.8) is 0 Å². The van der Waals surface area contributed by atoms with Gasteiger partial charge in [-0.1, -0.05) is 0 Å². The van der Waals surface area contributed by atoms with Gasteiger partial charge in [0.15, 0.2) is 0 Å². The molecule has 1 aliphatic rings. The quantitative estimate of drug-likeness (QED) is 0.597. The number of aromatic nitrogens is 4. The fourth-order valence-corrected chi connectivity index (χ4v) is 4.28. The maximum atomic E-state index is 14.3. The molecule has 7 nitrogen and oxygen atoms in total.